The average Bonchev–Trinajstić information content (AvgIpc) is 3.25. The lowest BCUT2D eigenvalue weighted by Gasteiger charge is -2.18. The van der Waals surface area contributed by atoms with Crippen molar-refractivity contribution in [3.8, 4) is 0 Å². The Hall–Kier alpha value is -2.23. The number of hydrogen-bond acceptors (Lipinski definition) is 4. The summed E-state index contributed by atoms with van der Waals surface area (Å²) in [6.45, 7) is 9.06. The zero-order valence-corrected chi connectivity index (χ0v) is 17.7. The molecular weight excluding hydrogens is 344 g/mol. The van der Waals surface area contributed by atoms with E-state index >= 15 is 0 Å². The van der Waals surface area contributed by atoms with Crippen molar-refractivity contribution in [3.63, 3.8) is 0 Å². The molecule has 1 saturated heterocycles. The fourth-order valence-electron chi connectivity index (χ4n) is 4.31. The van der Waals surface area contributed by atoms with E-state index in [1.807, 2.05) is 7.05 Å². The van der Waals surface area contributed by atoms with Gasteiger partial charge in [-0.05, 0) is 60.6 Å². The summed E-state index contributed by atoms with van der Waals surface area (Å²) in [7, 11) is 1.88. The van der Waals surface area contributed by atoms with Gasteiger partial charge < -0.3 is 4.90 Å². The van der Waals surface area contributed by atoms with E-state index in [1.165, 1.54) is 36.0 Å². The fraction of sp³-hybridized carbons (Fsp3) is 0.542. The smallest absolute Gasteiger partial charge is 0.132 e. The van der Waals surface area contributed by atoms with Crippen LogP contribution in [-0.2, 0) is 12.8 Å². The Morgan fingerprint density at radius 2 is 2.07 bits per heavy atom. The second kappa shape index (κ2) is 7.65. The molecule has 2 heterocycles. The van der Waals surface area contributed by atoms with E-state index < -0.39 is 0 Å². The predicted molar refractivity (Wildman–Crippen MR) is 116 cm³/mol. The van der Waals surface area contributed by atoms with Crippen LogP contribution in [-0.4, -0.2) is 35.8 Å². The minimum Gasteiger partial charge on any atom is -0.356 e. The first-order valence-corrected chi connectivity index (χ1v) is 10.7. The molecule has 4 rings (SSSR count). The van der Waals surface area contributed by atoms with E-state index in [4.69, 9.17) is 0 Å². The Kier molecular flexibility index (Phi) is 5.22. The summed E-state index contributed by atoms with van der Waals surface area (Å²) in [5.41, 5.74) is 6.39. The number of anilines is 1. The van der Waals surface area contributed by atoms with Crippen LogP contribution in [0, 0.1) is 11.3 Å². The van der Waals surface area contributed by atoms with Gasteiger partial charge in [0.25, 0.3) is 0 Å². The highest BCUT2D eigenvalue weighted by Crippen LogP contribution is 2.47. The molecule has 4 nitrogen and oxygen atoms in total. The molecule has 1 saturated carbocycles. The molecule has 0 spiro atoms. The summed E-state index contributed by atoms with van der Waals surface area (Å²) in [5.74, 6) is 1.75. The summed E-state index contributed by atoms with van der Waals surface area (Å²) in [6, 6.07) is 9.06. The highest BCUT2D eigenvalue weighted by molar-refractivity contribution is 6.13. The van der Waals surface area contributed by atoms with E-state index in [0.29, 0.717) is 5.41 Å². The SMILES string of the molecule is CCc1ccc(CC2(C)CC2)cc1C(=NC)c1cc(N2CCC(C)C2)ncn1. The number of nitrogens with zero attached hydrogens (tertiary/aromatic N) is 4. The third kappa shape index (κ3) is 3.96. The van der Waals surface area contributed by atoms with Gasteiger partial charge in [-0.25, -0.2) is 9.97 Å². The number of rotatable bonds is 6. The first-order valence-electron chi connectivity index (χ1n) is 10.7. The van der Waals surface area contributed by atoms with Gasteiger partial charge in [0.05, 0.1) is 11.4 Å². The molecule has 1 aliphatic heterocycles. The van der Waals surface area contributed by atoms with Gasteiger partial charge in [0, 0.05) is 31.8 Å². The van der Waals surface area contributed by atoms with E-state index in [0.717, 1.165) is 49.1 Å². The van der Waals surface area contributed by atoms with Crippen molar-refractivity contribution in [3.05, 3.63) is 53.0 Å². The molecule has 28 heavy (non-hydrogen) atoms. The quantitative estimate of drug-likeness (QED) is 0.687. The minimum atomic E-state index is 0.503. The zero-order valence-electron chi connectivity index (χ0n) is 17.7. The molecule has 0 N–H and O–H groups in total. The van der Waals surface area contributed by atoms with Gasteiger partial charge in [0.15, 0.2) is 0 Å². The van der Waals surface area contributed by atoms with E-state index in [9.17, 15) is 0 Å². The highest BCUT2D eigenvalue weighted by Gasteiger charge is 2.37. The van der Waals surface area contributed by atoms with Gasteiger partial charge in [-0.2, -0.15) is 0 Å². The molecule has 0 amide bonds. The Labute approximate surface area is 169 Å². The third-order valence-electron chi connectivity index (χ3n) is 6.41. The summed E-state index contributed by atoms with van der Waals surface area (Å²) >= 11 is 0. The lowest BCUT2D eigenvalue weighted by atomic mass is 9.92. The average molecular weight is 377 g/mol. The van der Waals surface area contributed by atoms with Crippen LogP contribution in [0.15, 0.2) is 35.6 Å². The molecule has 2 fully saturated rings. The predicted octanol–water partition coefficient (Wildman–Crippen LogP) is 4.70. The normalized spacial score (nSPS) is 21.2. The van der Waals surface area contributed by atoms with E-state index in [-0.39, 0.29) is 0 Å². The molecule has 2 aliphatic rings. The maximum atomic E-state index is 4.68. The number of aryl methyl sites for hydroxylation is 1. The van der Waals surface area contributed by atoms with Crippen LogP contribution in [0.4, 0.5) is 5.82 Å². The van der Waals surface area contributed by atoms with Gasteiger partial charge in [0.1, 0.15) is 12.1 Å². The lowest BCUT2D eigenvalue weighted by molar-refractivity contribution is 0.570. The molecule has 1 aromatic carbocycles. The Morgan fingerprint density at radius 1 is 1.25 bits per heavy atom. The molecule has 0 radical (unpaired) electrons. The second-order valence-electron chi connectivity index (χ2n) is 9.01. The Balaban J connectivity index is 1.68. The molecule has 1 aliphatic carbocycles. The van der Waals surface area contributed by atoms with E-state index in [2.05, 4.69) is 64.9 Å². The molecule has 4 heteroatoms. The molecule has 1 unspecified atom stereocenters. The first-order chi connectivity index (χ1) is 13.5. The molecule has 2 aromatic rings. The van der Waals surface area contributed by atoms with Crippen LogP contribution in [0.2, 0.25) is 0 Å². The van der Waals surface area contributed by atoms with Gasteiger partial charge in [-0.1, -0.05) is 32.9 Å². The first kappa shape index (κ1) is 19.1. The van der Waals surface area contributed by atoms with Crippen LogP contribution in [0.5, 0.6) is 0 Å². The summed E-state index contributed by atoms with van der Waals surface area (Å²) in [4.78, 5) is 16.2. The van der Waals surface area contributed by atoms with Gasteiger partial charge in [-0.15, -0.1) is 0 Å². The van der Waals surface area contributed by atoms with Crippen LogP contribution in [0.25, 0.3) is 0 Å². The number of benzene rings is 1. The van der Waals surface area contributed by atoms with Gasteiger partial charge >= 0.3 is 0 Å². The van der Waals surface area contributed by atoms with Crippen molar-refractivity contribution in [2.45, 2.75) is 52.9 Å². The van der Waals surface area contributed by atoms with Crippen molar-refractivity contribution < 1.29 is 0 Å². The Bertz CT molecular complexity index is 882. The molecule has 1 aromatic heterocycles. The van der Waals surface area contributed by atoms with Crippen LogP contribution >= 0.6 is 0 Å². The van der Waals surface area contributed by atoms with Crippen LogP contribution < -0.4 is 4.90 Å². The topological polar surface area (TPSA) is 41.4 Å². The Morgan fingerprint density at radius 3 is 2.71 bits per heavy atom. The summed E-state index contributed by atoms with van der Waals surface area (Å²) in [6.07, 6.45) is 7.76. The molecule has 0 bridgehead atoms. The molecular formula is C24H32N4. The van der Waals surface area contributed by atoms with Crippen LogP contribution in [0.1, 0.15) is 62.4 Å². The standard InChI is InChI=1S/C24H32N4/c1-5-19-7-6-18(14-24(3)9-10-24)12-20(19)23(25-4)21-13-22(27-16-26-21)28-11-8-17(2)15-28/h6-7,12-13,16-17H,5,8-11,14-15H2,1-4H3. The summed E-state index contributed by atoms with van der Waals surface area (Å²) in [5, 5.41) is 0. The number of aromatic nitrogens is 2. The van der Waals surface area contributed by atoms with Crippen molar-refractivity contribution >= 4 is 11.5 Å². The molecule has 1 atom stereocenters. The van der Waals surface area contributed by atoms with E-state index in [1.54, 1.807) is 6.33 Å². The maximum absolute atomic E-state index is 4.68. The maximum Gasteiger partial charge on any atom is 0.132 e. The van der Waals surface area contributed by atoms with Crippen molar-refractivity contribution in [2.24, 2.45) is 16.3 Å². The largest absolute Gasteiger partial charge is 0.356 e. The van der Waals surface area contributed by atoms with Crippen molar-refractivity contribution in [1.29, 1.82) is 0 Å². The molecule has 148 valence electrons. The lowest BCUT2D eigenvalue weighted by Crippen LogP contribution is -2.21. The third-order valence-corrected chi connectivity index (χ3v) is 6.41. The van der Waals surface area contributed by atoms with Crippen molar-refractivity contribution in [1.82, 2.24) is 9.97 Å². The van der Waals surface area contributed by atoms with Gasteiger partial charge in [-0.3, -0.25) is 4.99 Å². The zero-order chi connectivity index (χ0) is 19.7. The summed E-state index contributed by atoms with van der Waals surface area (Å²) < 4.78 is 0. The van der Waals surface area contributed by atoms with Crippen molar-refractivity contribution in [2.75, 3.05) is 25.0 Å². The minimum absolute atomic E-state index is 0.503. The second-order valence-corrected chi connectivity index (χ2v) is 9.01. The number of hydrogen-bond donors (Lipinski definition) is 0. The highest BCUT2D eigenvalue weighted by atomic mass is 15.2. The number of aliphatic imine (C=N–C) groups is 1. The van der Waals surface area contributed by atoms with Gasteiger partial charge in [0.2, 0.25) is 0 Å². The van der Waals surface area contributed by atoms with Crippen LogP contribution in [0.3, 0.4) is 0 Å². The monoisotopic (exact) mass is 376 g/mol. The fourth-order valence-corrected chi connectivity index (χ4v) is 4.31.